The summed E-state index contributed by atoms with van der Waals surface area (Å²) in [7, 11) is 3.42. The summed E-state index contributed by atoms with van der Waals surface area (Å²) in [5, 5.41) is 13.9. The third-order valence-corrected chi connectivity index (χ3v) is 5.39. The van der Waals surface area contributed by atoms with Gasteiger partial charge in [0.2, 0.25) is 5.75 Å². The van der Waals surface area contributed by atoms with Crippen LogP contribution in [0.15, 0.2) is 53.6 Å². The van der Waals surface area contributed by atoms with Crippen LogP contribution in [-0.4, -0.2) is 50.8 Å². The Balaban J connectivity index is 1.80. The molecule has 0 aliphatic heterocycles. The Morgan fingerprint density at radius 2 is 2.00 bits per heavy atom. The molecule has 0 radical (unpaired) electrons. The Bertz CT molecular complexity index is 1600. The SMILES string of the molecule is CN(C)CC(=O)n1nc(Cn2ccc(C(F)(F)F)c(Oc3cc(Cl)cc(C#N)c3)c2=O)c2cccnc21. The van der Waals surface area contributed by atoms with Gasteiger partial charge in [-0.3, -0.25) is 9.59 Å². The van der Waals surface area contributed by atoms with Crippen LogP contribution in [-0.2, 0) is 12.7 Å². The molecule has 9 nitrogen and oxygen atoms in total. The van der Waals surface area contributed by atoms with Crippen molar-refractivity contribution in [2.45, 2.75) is 12.7 Å². The van der Waals surface area contributed by atoms with E-state index >= 15 is 0 Å². The van der Waals surface area contributed by atoms with Crippen LogP contribution >= 0.6 is 11.6 Å². The van der Waals surface area contributed by atoms with Gasteiger partial charge < -0.3 is 14.2 Å². The molecule has 0 aliphatic rings. The molecule has 4 aromatic rings. The van der Waals surface area contributed by atoms with Gasteiger partial charge in [-0.2, -0.15) is 28.2 Å². The molecule has 0 unspecified atom stereocenters. The number of nitrogens with zero attached hydrogens (tertiary/aromatic N) is 6. The summed E-state index contributed by atoms with van der Waals surface area (Å²) in [4.78, 5) is 31.7. The highest BCUT2D eigenvalue weighted by molar-refractivity contribution is 6.30. The number of halogens is 4. The second-order valence-corrected chi connectivity index (χ2v) is 8.68. The second kappa shape index (κ2) is 10.0. The van der Waals surface area contributed by atoms with Crippen molar-refractivity contribution >= 4 is 28.5 Å². The molecular weight excluding hydrogens is 513 g/mol. The van der Waals surface area contributed by atoms with Gasteiger partial charge in [-0.25, -0.2) is 4.98 Å². The lowest BCUT2D eigenvalue weighted by molar-refractivity contribution is -0.138. The molecule has 0 N–H and O–H groups in total. The first-order valence-corrected chi connectivity index (χ1v) is 11.1. The summed E-state index contributed by atoms with van der Waals surface area (Å²) >= 11 is 5.93. The number of carbonyl (C=O) groups excluding carboxylic acids is 1. The van der Waals surface area contributed by atoms with Crippen molar-refractivity contribution in [1.82, 2.24) is 24.2 Å². The Morgan fingerprint density at radius 1 is 1.24 bits per heavy atom. The average molecular weight is 531 g/mol. The van der Waals surface area contributed by atoms with E-state index in [0.717, 1.165) is 15.4 Å². The summed E-state index contributed by atoms with van der Waals surface area (Å²) in [5.41, 5.74) is -1.86. The third-order valence-electron chi connectivity index (χ3n) is 5.17. The normalized spacial score (nSPS) is 11.6. The minimum atomic E-state index is -4.90. The molecule has 3 heterocycles. The van der Waals surface area contributed by atoms with Gasteiger partial charge in [0.15, 0.2) is 5.65 Å². The van der Waals surface area contributed by atoms with Crippen LogP contribution in [0.5, 0.6) is 11.5 Å². The number of hydrogen-bond acceptors (Lipinski definition) is 7. The monoisotopic (exact) mass is 530 g/mol. The van der Waals surface area contributed by atoms with Gasteiger partial charge in [0.1, 0.15) is 11.3 Å². The zero-order valence-electron chi connectivity index (χ0n) is 19.5. The van der Waals surface area contributed by atoms with E-state index in [-0.39, 0.29) is 46.7 Å². The highest BCUT2D eigenvalue weighted by Gasteiger charge is 2.36. The number of benzene rings is 1. The summed E-state index contributed by atoms with van der Waals surface area (Å²) in [6, 6.07) is 9.45. The molecular formula is C24H18ClF3N6O3. The largest absolute Gasteiger partial charge is 0.451 e. The Hall–Kier alpha value is -4.21. The highest BCUT2D eigenvalue weighted by Crippen LogP contribution is 2.36. The van der Waals surface area contributed by atoms with Gasteiger partial charge in [0.25, 0.3) is 11.5 Å². The first kappa shape index (κ1) is 25.9. The van der Waals surface area contributed by atoms with Crippen molar-refractivity contribution in [1.29, 1.82) is 5.26 Å². The summed E-state index contributed by atoms with van der Waals surface area (Å²) < 4.78 is 48.7. The molecule has 0 fully saturated rings. The van der Waals surface area contributed by atoms with Crippen LogP contribution in [0.2, 0.25) is 5.02 Å². The van der Waals surface area contributed by atoms with Gasteiger partial charge in [-0.1, -0.05) is 11.6 Å². The zero-order valence-corrected chi connectivity index (χ0v) is 20.2. The summed E-state index contributed by atoms with van der Waals surface area (Å²) in [6.45, 7) is -0.230. The molecule has 0 bridgehead atoms. The number of ether oxygens (including phenoxy) is 1. The maximum absolute atomic E-state index is 13.7. The maximum Gasteiger partial charge on any atom is 0.420 e. The number of aromatic nitrogens is 4. The third kappa shape index (κ3) is 5.47. The van der Waals surface area contributed by atoms with E-state index < -0.39 is 23.0 Å². The van der Waals surface area contributed by atoms with Crippen LogP contribution in [0.25, 0.3) is 11.0 Å². The van der Waals surface area contributed by atoms with E-state index in [0.29, 0.717) is 11.5 Å². The van der Waals surface area contributed by atoms with Crippen molar-refractivity contribution < 1.29 is 22.7 Å². The minimum Gasteiger partial charge on any atom is -0.451 e. The highest BCUT2D eigenvalue weighted by atomic mass is 35.5. The molecule has 0 aliphatic carbocycles. The topological polar surface area (TPSA) is 106 Å². The van der Waals surface area contributed by atoms with Crippen molar-refractivity contribution in [2.75, 3.05) is 20.6 Å². The number of likely N-dealkylation sites (N-methyl/N-ethyl adjacent to an activating group) is 1. The van der Waals surface area contributed by atoms with E-state index in [1.165, 1.54) is 24.4 Å². The fourth-order valence-corrected chi connectivity index (χ4v) is 3.83. The lowest BCUT2D eigenvalue weighted by atomic mass is 10.2. The lowest BCUT2D eigenvalue weighted by Gasteiger charge is -2.15. The van der Waals surface area contributed by atoms with Crippen LogP contribution in [0.4, 0.5) is 13.2 Å². The number of hydrogen-bond donors (Lipinski definition) is 0. The molecule has 0 spiro atoms. The molecule has 190 valence electrons. The van der Waals surface area contributed by atoms with Crippen molar-refractivity contribution in [3.63, 3.8) is 0 Å². The van der Waals surface area contributed by atoms with Crippen LogP contribution in [0.3, 0.4) is 0 Å². The summed E-state index contributed by atoms with van der Waals surface area (Å²) in [6.07, 6.45) is -2.45. The van der Waals surface area contributed by atoms with E-state index in [1.54, 1.807) is 31.1 Å². The molecule has 0 atom stereocenters. The molecule has 3 aromatic heterocycles. The zero-order chi connectivity index (χ0) is 26.9. The molecule has 0 saturated carbocycles. The molecule has 37 heavy (non-hydrogen) atoms. The number of pyridine rings is 2. The molecule has 0 amide bonds. The van der Waals surface area contributed by atoms with Gasteiger partial charge in [-0.05, 0) is 50.5 Å². The maximum atomic E-state index is 13.7. The molecule has 0 saturated heterocycles. The van der Waals surface area contributed by atoms with E-state index in [4.69, 9.17) is 21.6 Å². The Labute approximate surface area is 212 Å². The predicted molar refractivity (Wildman–Crippen MR) is 128 cm³/mol. The van der Waals surface area contributed by atoms with Gasteiger partial charge in [0.05, 0.1) is 30.4 Å². The summed E-state index contributed by atoms with van der Waals surface area (Å²) in [5.74, 6) is -1.58. The van der Waals surface area contributed by atoms with Crippen molar-refractivity contribution in [3.8, 4) is 17.6 Å². The predicted octanol–water partition coefficient (Wildman–Crippen LogP) is 4.18. The number of fused-ring (bicyclic) bond motifs is 1. The minimum absolute atomic E-state index is 0.0370. The number of nitriles is 1. The smallest absolute Gasteiger partial charge is 0.420 e. The number of alkyl halides is 3. The second-order valence-electron chi connectivity index (χ2n) is 8.24. The average Bonchev–Trinajstić information content (AvgIpc) is 3.18. The van der Waals surface area contributed by atoms with Gasteiger partial charge >= 0.3 is 6.18 Å². The molecule has 1 aromatic carbocycles. The quantitative estimate of drug-likeness (QED) is 0.368. The fourth-order valence-electron chi connectivity index (χ4n) is 3.61. The number of carbonyl (C=O) groups is 1. The Morgan fingerprint density at radius 3 is 2.68 bits per heavy atom. The Kier molecular flexibility index (Phi) is 7.02. The lowest BCUT2D eigenvalue weighted by Crippen LogP contribution is -2.28. The van der Waals surface area contributed by atoms with Crippen LogP contribution in [0.1, 0.15) is 21.6 Å². The molecule has 4 rings (SSSR count). The van der Waals surface area contributed by atoms with Crippen molar-refractivity contribution in [2.24, 2.45) is 0 Å². The standard InChI is InChI=1S/C24H18ClF3N6O3/c1-32(2)13-20(35)34-22-17(4-3-6-30-22)19(31-34)12-33-7-5-18(24(26,27)28)21(23(33)36)37-16-9-14(11-29)8-15(25)10-16/h3-10H,12-13H2,1-2H3. The van der Waals surface area contributed by atoms with Crippen LogP contribution in [0, 0.1) is 11.3 Å². The number of rotatable bonds is 6. The van der Waals surface area contributed by atoms with E-state index in [2.05, 4.69) is 10.1 Å². The van der Waals surface area contributed by atoms with Crippen molar-refractivity contribution in [3.05, 3.63) is 81.0 Å². The van der Waals surface area contributed by atoms with E-state index in [1.807, 2.05) is 6.07 Å². The van der Waals surface area contributed by atoms with Gasteiger partial charge in [0, 0.05) is 22.8 Å². The first-order chi connectivity index (χ1) is 17.5. The van der Waals surface area contributed by atoms with Crippen LogP contribution < -0.4 is 10.3 Å². The molecule has 13 heteroatoms. The van der Waals surface area contributed by atoms with Gasteiger partial charge in [-0.15, -0.1) is 0 Å². The fraction of sp³-hybridized carbons (Fsp3) is 0.208. The first-order valence-electron chi connectivity index (χ1n) is 10.7. The van der Waals surface area contributed by atoms with E-state index in [9.17, 15) is 22.8 Å².